The topological polar surface area (TPSA) is 58.2 Å². The molecule has 2 aromatic rings. The molecule has 2 aromatic carbocycles. The Morgan fingerprint density at radius 3 is 2.19 bits per heavy atom. The summed E-state index contributed by atoms with van der Waals surface area (Å²) in [5.41, 5.74) is 6.41. The van der Waals surface area contributed by atoms with Crippen molar-refractivity contribution in [3.63, 3.8) is 0 Å². The fourth-order valence-electron chi connectivity index (χ4n) is 3.49. The van der Waals surface area contributed by atoms with E-state index in [1.54, 1.807) is 0 Å². The molecule has 2 amide bonds. The van der Waals surface area contributed by atoms with Crippen LogP contribution in [-0.4, -0.2) is 11.8 Å². The molecule has 3 rings (SSSR count). The molecule has 26 heavy (non-hydrogen) atoms. The van der Waals surface area contributed by atoms with Gasteiger partial charge >= 0.3 is 0 Å². The number of aryl methyl sites for hydroxylation is 4. The summed E-state index contributed by atoms with van der Waals surface area (Å²) in [5.74, 6) is -0.543. The van der Waals surface area contributed by atoms with Crippen LogP contribution in [0, 0.1) is 39.5 Å². The van der Waals surface area contributed by atoms with Gasteiger partial charge in [0.05, 0.1) is 11.8 Å². The summed E-state index contributed by atoms with van der Waals surface area (Å²) in [6.07, 6.45) is 0.620. The Labute approximate surface area is 155 Å². The molecule has 1 aliphatic carbocycles. The number of carbonyl (C=O) groups is 2. The third-order valence-electron chi connectivity index (χ3n) is 5.10. The second kappa shape index (κ2) is 7.32. The lowest BCUT2D eigenvalue weighted by molar-refractivity contribution is -0.125. The monoisotopic (exact) mass is 350 g/mol. The number of nitrogens with one attached hydrogen (secondary N) is 2. The van der Waals surface area contributed by atoms with Gasteiger partial charge in [-0.1, -0.05) is 42.0 Å². The van der Waals surface area contributed by atoms with Crippen LogP contribution in [0.4, 0.5) is 5.69 Å². The van der Waals surface area contributed by atoms with Gasteiger partial charge in [0.25, 0.3) is 0 Å². The van der Waals surface area contributed by atoms with Gasteiger partial charge in [-0.15, -0.1) is 0 Å². The molecule has 0 aliphatic heterocycles. The summed E-state index contributed by atoms with van der Waals surface area (Å²) in [5, 5.41) is 5.98. The molecule has 1 saturated carbocycles. The first-order valence-corrected chi connectivity index (χ1v) is 9.07. The Morgan fingerprint density at radius 2 is 1.54 bits per heavy atom. The van der Waals surface area contributed by atoms with Crippen LogP contribution in [-0.2, 0) is 16.1 Å². The smallest absolute Gasteiger partial charge is 0.228 e. The molecular formula is C22H26N2O2. The van der Waals surface area contributed by atoms with E-state index in [1.807, 2.05) is 52.0 Å². The largest absolute Gasteiger partial charge is 0.352 e. The predicted molar refractivity (Wildman–Crippen MR) is 104 cm³/mol. The lowest BCUT2D eigenvalue weighted by Gasteiger charge is -2.13. The average molecular weight is 350 g/mol. The zero-order valence-corrected chi connectivity index (χ0v) is 15.8. The number of hydrogen-bond donors (Lipinski definition) is 2. The fourth-order valence-corrected chi connectivity index (χ4v) is 3.49. The standard InChI is InChI=1S/C22H26N2O2/c1-13-9-15(3)20(16(4)10-13)24-22(26)19-11-18(19)21(25)23-12-17-8-6-5-7-14(17)2/h5-10,18-19H,11-12H2,1-4H3,(H,23,25)(H,24,26). The molecular weight excluding hydrogens is 324 g/mol. The van der Waals surface area contributed by atoms with Gasteiger partial charge in [0.15, 0.2) is 0 Å². The van der Waals surface area contributed by atoms with E-state index in [-0.39, 0.29) is 23.7 Å². The lowest BCUT2D eigenvalue weighted by atomic mass is 10.0. The molecule has 0 saturated heterocycles. The van der Waals surface area contributed by atoms with Crippen LogP contribution in [0.2, 0.25) is 0 Å². The van der Waals surface area contributed by atoms with Gasteiger partial charge in [-0.2, -0.15) is 0 Å². The molecule has 2 N–H and O–H groups in total. The SMILES string of the molecule is Cc1cc(C)c(NC(=O)C2CC2C(=O)NCc2ccccc2C)c(C)c1. The fraction of sp³-hybridized carbons (Fsp3) is 0.364. The molecule has 4 heteroatoms. The maximum atomic E-state index is 12.5. The van der Waals surface area contributed by atoms with E-state index >= 15 is 0 Å². The summed E-state index contributed by atoms with van der Waals surface area (Å²) in [6.45, 7) is 8.57. The van der Waals surface area contributed by atoms with E-state index in [4.69, 9.17) is 0 Å². The Morgan fingerprint density at radius 1 is 0.923 bits per heavy atom. The minimum absolute atomic E-state index is 0.0363. The minimum atomic E-state index is -0.230. The minimum Gasteiger partial charge on any atom is -0.352 e. The molecule has 1 fully saturated rings. The Bertz CT molecular complexity index is 834. The Kier molecular flexibility index (Phi) is 5.12. The van der Waals surface area contributed by atoms with Crippen LogP contribution in [0.1, 0.15) is 34.2 Å². The quantitative estimate of drug-likeness (QED) is 0.861. The second-order valence-electron chi connectivity index (χ2n) is 7.36. The summed E-state index contributed by atoms with van der Waals surface area (Å²) >= 11 is 0. The number of amides is 2. The summed E-state index contributed by atoms with van der Waals surface area (Å²) in [6, 6.07) is 12.1. The van der Waals surface area contributed by atoms with Crippen molar-refractivity contribution in [1.29, 1.82) is 0 Å². The van der Waals surface area contributed by atoms with Crippen molar-refractivity contribution >= 4 is 17.5 Å². The molecule has 4 nitrogen and oxygen atoms in total. The number of hydrogen-bond acceptors (Lipinski definition) is 2. The van der Waals surface area contributed by atoms with E-state index in [0.717, 1.165) is 27.9 Å². The van der Waals surface area contributed by atoms with E-state index in [2.05, 4.69) is 22.8 Å². The highest BCUT2D eigenvalue weighted by molar-refractivity contribution is 6.00. The molecule has 0 spiro atoms. The zero-order valence-electron chi connectivity index (χ0n) is 15.8. The van der Waals surface area contributed by atoms with Gasteiger partial charge in [-0.05, 0) is 56.4 Å². The number of carbonyl (C=O) groups excluding carboxylic acids is 2. The van der Waals surface area contributed by atoms with E-state index in [0.29, 0.717) is 13.0 Å². The average Bonchev–Trinajstić information content (AvgIpc) is 3.38. The van der Waals surface area contributed by atoms with Crippen LogP contribution in [0.5, 0.6) is 0 Å². The van der Waals surface area contributed by atoms with Crippen LogP contribution < -0.4 is 10.6 Å². The highest BCUT2D eigenvalue weighted by Crippen LogP contribution is 2.40. The third-order valence-corrected chi connectivity index (χ3v) is 5.10. The molecule has 0 radical (unpaired) electrons. The first-order valence-electron chi connectivity index (χ1n) is 9.07. The molecule has 2 atom stereocenters. The normalized spacial score (nSPS) is 18.3. The highest BCUT2D eigenvalue weighted by atomic mass is 16.2. The summed E-state index contributed by atoms with van der Waals surface area (Å²) < 4.78 is 0. The van der Waals surface area contributed by atoms with Crippen molar-refractivity contribution in [3.8, 4) is 0 Å². The van der Waals surface area contributed by atoms with Crippen LogP contribution in [0.3, 0.4) is 0 Å². The van der Waals surface area contributed by atoms with E-state index in [1.165, 1.54) is 5.56 Å². The van der Waals surface area contributed by atoms with E-state index in [9.17, 15) is 9.59 Å². The first-order chi connectivity index (χ1) is 12.4. The molecule has 0 bridgehead atoms. The van der Waals surface area contributed by atoms with Crippen molar-refractivity contribution in [1.82, 2.24) is 5.32 Å². The predicted octanol–water partition coefficient (Wildman–Crippen LogP) is 3.81. The third kappa shape index (κ3) is 3.96. The maximum absolute atomic E-state index is 12.5. The highest BCUT2D eigenvalue weighted by Gasteiger charge is 2.48. The van der Waals surface area contributed by atoms with Crippen molar-refractivity contribution in [2.75, 3.05) is 5.32 Å². The first kappa shape index (κ1) is 18.2. The van der Waals surface area contributed by atoms with Crippen molar-refractivity contribution in [2.24, 2.45) is 11.8 Å². The van der Waals surface area contributed by atoms with Crippen LogP contribution in [0.25, 0.3) is 0 Å². The molecule has 0 aromatic heterocycles. The van der Waals surface area contributed by atoms with Gasteiger partial charge < -0.3 is 10.6 Å². The van der Waals surface area contributed by atoms with Gasteiger partial charge in [-0.25, -0.2) is 0 Å². The molecule has 136 valence electrons. The molecule has 1 aliphatic rings. The van der Waals surface area contributed by atoms with Gasteiger partial charge in [0.2, 0.25) is 11.8 Å². The van der Waals surface area contributed by atoms with Crippen molar-refractivity contribution < 1.29 is 9.59 Å². The number of anilines is 1. The summed E-state index contributed by atoms with van der Waals surface area (Å²) in [7, 11) is 0. The number of benzene rings is 2. The number of rotatable bonds is 5. The van der Waals surface area contributed by atoms with Crippen molar-refractivity contribution in [3.05, 3.63) is 64.2 Å². The zero-order chi connectivity index (χ0) is 18.8. The van der Waals surface area contributed by atoms with Gasteiger partial charge in [0, 0.05) is 12.2 Å². The lowest BCUT2D eigenvalue weighted by Crippen LogP contribution is -2.27. The van der Waals surface area contributed by atoms with Crippen LogP contribution in [0.15, 0.2) is 36.4 Å². The maximum Gasteiger partial charge on any atom is 0.228 e. The molecule has 0 heterocycles. The molecule has 2 unspecified atom stereocenters. The Balaban J connectivity index is 1.56. The van der Waals surface area contributed by atoms with Gasteiger partial charge in [-0.3, -0.25) is 9.59 Å². The van der Waals surface area contributed by atoms with Crippen molar-refractivity contribution in [2.45, 2.75) is 40.7 Å². The Hall–Kier alpha value is -2.62. The summed E-state index contributed by atoms with van der Waals surface area (Å²) in [4.78, 5) is 24.9. The second-order valence-corrected chi connectivity index (χ2v) is 7.36. The van der Waals surface area contributed by atoms with E-state index < -0.39 is 0 Å². The van der Waals surface area contributed by atoms with Crippen LogP contribution >= 0.6 is 0 Å². The van der Waals surface area contributed by atoms with Gasteiger partial charge in [0.1, 0.15) is 0 Å².